The molecule has 1 aliphatic heterocycles. The second kappa shape index (κ2) is 8.42. The third-order valence-corrected chi connectivity index (χ3v) is 4.38. The molecule has 1 aromatic heterocycles. The van der Waals surface area contributed by atoms with E-state index in [-0.39, 0.29) is 24.5 Å². The Hall–Kier alpha value is -2.96. The highest BCUT2D eigenvalue weighted by atomic mass is 16.6. The average molecular weight is 354 g/mol. The van der Waals surface area contributed by atoms with Gasteiger partial charge in [-0.25, -0.2) is 14.8 Å². The zero-order valence-electron chi connectivity index (χ0n) is 14.7. The highest BCUT2D eigenvalue weighted by molar-refractivity contribution is 5.91. The number of aromatic nitrogens is 2. The summed E-state index contributed by atoms with van der Waals surface area (Å²) in [6, 6.07) is 11.3. The first-order chi connectivity index (χ1) is 12.6. The Bertz CT molecular complexity index is 758. The summed E-state index contributed by atoms with van der Waals surface area (Å²) in [7, 11) is 0. The summed E-state index contributed by atoms with van der Waals surface area (Å²) < 4.78 is 5.34. The van der Waals surface area contributed by atoms with Gasteiger partial charge in [0.15, 0.2) is 0 Å². The van der Waals surface area contributed by atoms with Crippen LogP contribution < -0.4 is 5.32 Å². The third-order valence-electron chi connectivity index (χ3n) is 4.38. The molecule has 0 bridgehead atoms. The predicted octanol–water partition coefficient (Wildman–Crippen LogP) is 2.77. The lowest BCUT2D eigenvalue weighted by Gasteiger charge is -2.30. The summed E-state index contributed by atoms with van der Waals surface area (Å²) in [5.41, 5.74) is 1.75. The molecule has 1 fully saturated rings. The summed E-state index contributed by atoms with van der Waals surface area (Å²) in [6.45, 7) is 3.12. The maximum absolute atomic E-state index is 12.4. The van der Waals surface area contributed by atoms with Gasteiger partial charge < -0.3 is 15.0 Å². The SMILES string of the molecule is Cc1cc(NC(=O)C2CCN(C(=O)OCc3ccccc3)CC2)ncn1. The standard InChI is InChI=1S/C19H22N4O3/c1-14-11-17(21-13-20-14)22-18(24)16-7-9-23(10-8-16)19(25)26-12-15-5-3-2-4-6-15/h2-6,11,13,16H,7-10,12H2,1H3,(H,20,21,22,24). The molecule has 2 heterocycles. The lowest BCUT2D eigenvalue weighted by Crippen LogP contribution is -2.41. The maximum atomic E-state index is 12.4. The summed E-state index contributed by atoms with van der Waals surface area (Å²) in [6.07, 6.45) is 2.31. The Labute approximate surface area is 152 Å². The van der Waals surface area contributed by atoms with E-state index in [1.54, 1.807) is 11.0 Å². The number of ether oxygens (including phenoxy) is 1. The Balaban J connectivity index is 1.44. The number of piperidine rings is 1. The first kappa shape index (κ1) is 17.8. The Morgan fingerprint density at radius 2 is 1.92 bits per heavy atom. The molecule has 0 spiro atoms. The monoisotopic (exact) mass is 354 g/mol. The smallest absolute Gasteiger partial charge is 0.410 e. The Morgan fingerprint density at radius 1 is 1.19 bits per heavy atom. The van der Waals surface area contributed by atoms with Crippen LogP contribution in [0.2, 0.25) is 0 Å². The van der Waals surface area contributed by atoms with Crippen LogP contribution in [0.3, 0.4) is 0 Å². The molecule has 7 heteroatoms. The van der Waals surface area contributed by atoms with Gasteiger partial charge in [-0.15, -0.1) is 0 Å². The number of rotatable bonds is 4. The lowest BCUT2D eigenvalue weighted by molar-refractivity contribution is -0.121. The maximum Gasteiger partial charge on any atom is 0.410 e. The molecule has 2 amide bonds. The van der Waals surface area contributed by atoms with Gasteiger partial charge in [0.1, 0.15) is 18.8 Å². The quantitative estimate of drug-likeness (QED) is 0.913. The molecular formula is C19H22N4O3. The van der Waals surface area contributed by atoms with Gasteiger partial charge in [0.2, 0.25) is 5.91 Å². The van der Waals surface area contributed by atoms with E-state index >= 15 is 0 Å². The zero-order valence-corrected chi connectivity index (χ0v) is 14.7. The number of nitrogens with one attached hydrogen (secondary N) is 1. The number of likely N-dealkylation sites (tertiary alicyclic amines) is 1. The summed E-state index contributed by atoms with van der Waals surface area (Å²) in [4.78, 5) is 34.2. The van der Waals surface area contributed by atoms with Crippen molar-refractivity contribution in [3.63, 3.8) is 0 Å². The fourth-order valence-electron chi connectivity index (χ4n) is 2.89. The fourth-order valence-corrected chi connectivity index (χ4v) is 2.89. The lowest BCUT2D eigenvalue weighted by atomic mass is 9.96. The van der Waals surface area contributed by atoms with Crippen LogP contribution in [0.15, 0.2) is 42.7 Å². The van der Waals surface area contributed by atoms with Gasteiger partial charge >= 0.3 is 6.09 Å². The number of amides is 2. The van der Waals surface area contributed by atoms with Crippen LogP contribution in [-0.4, -0.2) is 40.0 Å². The Morgan fingerprint density at radius 3 is 2.62 bits per heavy atom. The molecule has 2 aromatic rings. The number of nitrogens with zero attached hydrogens (tertiary/aromatic N) is 3. The number of anilines is 1. The van der Waals surface area contributed by atoms with E-state index in [9.17, 15) is 9.59 Å². The van der Waals surface area contributed by atoms with Crippen molar-refractivity contribution in [2.24, 2.45) is 5.92 Å². The van der Waals surface area contributed by atoms with E-state index in [0.717, 1.165) is 11.3 Å². The first-order valence-electron chi connectivity index (χ1n) is 8.67. The van der Waals surface area contributed by atoms with E-state index in [0.29, 0.717) is 31.7 Å². The van der Waals surface area contributed by atoms with Gasteiger partial charge in [-0.3, -0.25) is 4.79 Å². The number of carbonyl (C=O) groups is 2. The van der Waals surface area contributed by atoms with Crippen molar-refractivity contribution in [1.82, 2.24) is 14.9 Å². The van der Waals surface area contributed by atoms with Crippen LogP contribution in [0.25, 0.3) is 0 Å². The molecule has 1 saturated heterocycles. The van der Waals surface area contributed by atoms with Crippen molar-refractivity contribution in [1.29, 1.82) is 0 Å². The van der Waals surface area contributed by atoms with E-state index in [1.165, 1.54) is 6.33 Å². The van der Waals surface area contributed by atoms with Crippen molar-refractivity contribution in [3.8, 4) is 0 Å². The Kier molecular flexibility index (Phi) is 5.78. The molecule has 3 rings (SSSR count). The molecular weight excluding hydrogens is 332 g/mol. The molecule has 0 atom stereocenters. The fraction of sp³-hybridized carbons (Fsp3) is 0.368. The molecule has 136 valence electrons. The predicted molar refractivity (Wildman–Crippen MR) is 96.3 cm³/mol. The van der Waals surface area contributed by atoms with Crippen LogP contribution >= 0.6 is 0 Å². The molecule has 1 aliphatic rings. The van der Waals surface area contributed by atoms with Gasteiger partial charge in [-0.2, -0.15) is 0 Å². The van der Waals surface area contributed by atoms with Crippen LogP contribution in [0.4, 0.5) is 10.6 Å². The van der Waals surface area contributed by atoms with Crippen molar-refractivity contribution in [2.75, 3.05) is 18.4 Å². The van der Waals surface area contributed by atoms with E-state index in [1.807, 2.05) is 37.3 Å². The second-order valence-electron chi connectivity index (χ2n) is 6.34. The molecule has 0 aliphatic carbocycles. The topological polar surface area (TPSA) is 84.4 Å². The number of aryl methyl sites for hydroxylation is 1. The van der Waals surface area contributed by atoms with Crippen molar-refractivity contribution < 1.29 is 14.3 Å². The van der Waals surface area contributed by atoms with Crippen LogP contribution in [0.1, 0.15) is 24.1 Å². The largest absolute Gasteiger partial charge is 0.445 e. The summed E-state index contributed by atoms with van der Waals surface area (Å²) >= 11 is 0. The van der Waals surface area contributed by atoms with Gasteiger partial charge in [-0.1, -0.05) is 30.3 Å². The van der Waals surface area contributed by atoms with Gasteiger partial charge in [0.05, 0.1) is 0 Å². The zero-order chi connectivity index (χ0) is 18.4. The third kappa shape index (κ3) is 4.78. The average Bonchev–Trinajstić information content (AvgIpc) is 2.67. The highest BCUT2D eigenvalue weighted by Gasteiger charge is 2.28. The van der Waals surface area contributed by atoms with Crippen molar-refractivity contribution in [2.45, 2.75) is 26.4 Å². The first-order valence-corrected chi connectivity index (χ1v) is 8.67. The minimum Gasteiger partial charge on any atom is -0.445 e. The number of hydrogen-bond acceptors (Lipinski definition) is 5. The normalized spacial score (nSPS) is 14.7. The van der Waals surface area contributed by atoms with Gasteiger partial charge in [0, 0.05) is 30.8 Å². The minimum absolute atomic E-state index is 0.0691. The number of benzene rings is 1. The van der Waals surface area contributed by atoms with Gasteiger partial charge in [-0.05, 0) is 25.3 Å². The van der Waals surface area contributed by atoms with Crippen LogP contribution in [-0.2, 0) is 16.1 Å². The van der Waals surface area contributed by atoms with Crippen molar-refractivity contribution >= 4 is 17.8 Å². The molecule has 26 heavy (non-hydrogen) atoms. The van der Waals surface area contributed by atoms with Crippen LogP contribution in [0, 0.1) is 12.8 Å². The number of carbonyl (C=O) groups excluding carboxylic acids is 2. The molecule has 7 nitrogen and oxygen atoms in total. The summed E-state index contributed by atoms with van der Waals surface area (Å²) in [5, 5.41) is 2.82. The second-order valence-corrected chi connectivity index (χ2v) is 6.34. The molecule has 1 N–H and O–H groups in total. The molecule has 0 radical (unpaired) electrons. The summed E-state index contributed by atoms with van der Waals surface area (Å²) in [5.74, 6) is 0.302. The van der Waals surface area contributed by atoms with E-state index in [4.69, 9.17) is 4.74 Å². The van der Waals surface area contributed by atoms with Crippen molar-refractivity contribution in [3.05, 3.63) is 54.0 Å². The van der Waals surface area contributed by atoms with E-state index in [2.05, 4.69) is 15.3 Å². The highest BCUT2D eigenvalue weighted by Crippen LogP contribution is 2.20. The van der Waals surface area contributed by atoms with Gasteiger partial charge in [0.25, 0.3) is 0 Å². The number of hydrogen-bond donors (Lipinski definition) is 1. The molecule has 1 aromatic carbocycles. The minimum atomic E-state index is -0.334. The molecule has 0 saturated carbocycles. The molecule has 0 unspecified atom stereocenters. The van der Waals surface area contributed by atoms with Crippen LogP contribution in [0.5, 0.6) is 0 Å². The van der Waals surface area contributed by atoms with E-state index < -0.39 is 0 Å².